The molecule has 1 fully saturated rings. The van der Waals surface area contributed by atoms with E-state index in [0.29, 0.717) is 0 Å². The molecular weight excluding hydrogens is 116 g/mol. The van der Waals surface area contributed by atoms with E-state index in [4.69, 9.17) is 5.73 Å². The summed E-state index contributed by atoms with van der Waals surface area (Å²) < 4.78 is 1.75. The number of rotatable bonds is 1. The highest BCUT2D eigenvalue weighted by Gasteiger charge is 2.30. The summed E-state index contributed by atoms with van der Waals surface area (Å²) >= 11 is 0. The first-order valence-electron chi connectivity index (χ1n) is 3.08. The van der Waals surface area contributed by atoms with Crippen molar-refractivity contribution < 1.29 is 9.37 Å². The Kier molecular flexibility index (Phi) is 1.51. The molecule has 1 heterocycles. The van der Waals surface area contributed by atoms with Crippen molar-refractivity contribution in [2.45, 2.75) is 18.9 Å². The van der Waals surface area contributed by atoms with Gasteiger partial charge in [-0.3, -0.25) is 4.79 Å². The fraction of sp³-hybridized carbons (Fsp3) is 0.667. The van der Waals surface area contributed by atoms with Crippen molar-refractivity contribution in [2.24, 2.45) is 5.73 Å². The molecule has 3 nitrogen and oxygen atoms in total. The van der Waals surface area contributed by atoms with E-state index < -0.39 is 0 Å². The summed E-state index contributed by atoms with van der Waals surface area (Å²) in [5, 5.41) is 0. The van der Waals surface area contributed by atoms with Crippen LogP contribution in [0.2, 0.25) is 0 Å². The maximum absolute atomic E-state index is 10.6. The molecule has 1 amide bonds. The van der Waals surface area contributed by atoms with Crippen molar-refractivity contribution in [1.29, 1.82) is 0 Å². The number of primary amides is 1. The molecule has 0 spiro atoms. The molecule has 0 aromatic carbocycles. The average Bonchev–Trinajstić information content (AvgIpc) is 2.13. The van der Waals surface area contributed by atoms with Gasteiger partial charge in [-0.2, -0.15) is 0 Å². The fourth-order valence-electron chi connectivity index (χ4n) is 1.15. The lowest BCUT2D eigenvalue weighted by Gasteiger charge is -1.98. The maximum Gasteiger partial charge on any atom is 0.286 e. The van der Waals surface area contributed by atoms with Gasteiger partial charge in [-0.25, -0.2) is 4.58 Å². The van der Waals surface area contributed by atoms with Crippen LogP contribution in [-0.4, -0.2) is 29.8 Å². The first-order valence-corrected chi connectivity index (χ1v) is 3.08. The van der Waals surface area contributed by atoms with Gasteiger partial charge in [0, 0.05) is 12.8 Å². The Bertz CT molecular complexity index is 153. The Hall–Kier alpha value is -0.860. The number of nitrogens with zero attached hydrogens (tertiary/aromatic N) is 1. The van der Waals surface area contributed by atoms with Gasteiger partial charge in [0.05, 0.1) is 0 Å². The molecule has 1 atom stereocenters. The Balaban J connectivity index is 2.60. The average molecular weight is 127 g/mol. The summed E-state index contributed by atoms with van der Waals surface area (Å²) in [6, 6.07) is -0.106. The topological polar surface area (TPSA) is 46.1 Å². The van der Waals surface area contributed by atoms with E-state index >= 15 is 0 Å². The van der Waals surface area contributed by atoms with Gasteiger partial charge in [0.25, 0.3) is 5.91 Å². The Morgan fingerprint density at radius 3 is 2.67 bits per heavy atom. The minimum atomic E-state index is -0.248. The van der Waals surface area contributed by atoms with Crippen LogP contribution in [-0.2, 0) is 4.79 Å². The molecule has 0 aromatic heterocycles. The van der Waals surface area contributed by atoms with Crippen LogP contribution in [0.4, 0.5) is 0 Å². The standard InChI is InChI=1S/C6H10N2O/c1-8-4-2-3-5(8)6(7)9/h5H,1-4H2,(H-,7,9)/p+1. The first-order chi connectivity index (χ1) is 4.22. The first kappa shape index (κ1) is 6.26. The molecule has 0 saturated carbocycles. The zero-order chi connectivity index (χ0) is 6.85. The van der Waals surface area contributed by atoms with Crippen LogP contribution in [0.1, 0.15) is 12.8 Å². The van der Waals surface area contributed by atoms with Crippen LogP contribution in [0.3, 0.4) is 0 Å². The van der Waals surface area contributed by atoms with Gasteiger partial charge >= 0.3 is 0 Å². The summed E-state index contributed by atoms with van der Waals surface area (Å²) in [4.78, 5) is 10.6. The van der Waals surface area contributed by atoms with Gasteiger partial charge in [-0.05, 0) is 0 Å². The molecule has 0 radical (unpaired) electrons. The van der Waals surface area contributed by atoms with E-state index in [1.807, 2.05) is 0 Å². The molecule has 1 aliphatic heterocycles. The molecule has 0 aromatic rings. The molecule has 3 heteroatoms. The van der Waals surface area contributed by atoms with Crippen molar-refractivity contribution >= 4 is 12.6 Å². The molecule has 1 saturated heterocycles. The largest absolute Gasteiger partial charge is 0.364 e. The second-order valence-electron chi connectivity index (χ2n) is 2.37. The maximum atomic E-state index is 10.6. The minimum absolute atomic E-state index is 0.106. The van der Waals surface area contributed by atoms with Gasteiger partial charge in [0.2, 0.25) is 6.04 Å². The highest BCUT2D eigenvalue weighted by Crippen LogP contribution is 2.09. The summed E-state index contributed by atoms with van der Waals surface area (Å²) in [7, 11) is 0. The molecule has 2 N–H and O–H groups in total. The van der Waals surface area contributed by atoms with Crippen LogP contribution in [0, 0.1) is 0 Å². The van der Waals surface area contributed by atoms with Crippen molar-refractivity contribution in [3.63, 3.8) is 0 Å². The van der Waals surface area contributed by atoms with Gasteiger partial charge in [-0.15, -0.1) is 0 Å². The molecule has 1 unspecified atom stereocenters. The van der Waals surface area contributed by atoms with Crippen molar-refractivity contribution in [3.8, 4) is 0 Å². The van der Waals surface area contributed by atoms with E-state index in [1.54, 1.807) is 4.58 Å². The molecule has 1 aliphatic rings. The predicted molar refractivity (Wildman–Crippen MR) is 34.5 cm³/mol. The van der Waals surface area contributed by atoms with Crippen molar-refractivity contribution in [2.75, 3.05) is 6.54 Å². The van der Waals surface area contributed by atoms with Crippen LogP contribution in [0.15, 0.2) is 0 Å². The lowest BCUT2D eigenvalue weighted by molar-refractivity contribution is -0.521. The van der Waals surface area contributed by atoms with Crippen LogP contribution < -0.4 is 5.73 Å². The zero-order valence-corrected chi connectivity index (χ0v) is 5.34. The number of amides is 1. The number of carbonyl (C=O) groups is 1. The van der Waals surface area contributed by atoms with Crippen molar-refractivity contribution in [1.82, 2.24) is 0 Å². The van der Waals surface area contributed by atoms with E-state index in [0.717, 1.165) is 19.4 Å². The number of nitrogens with two attached hydrogens (primary N) is 1. The van der Waals surface area contributed by atoms with Crippen molar-refractivity contribution in [3.05, 3.63) is 0 Å². The summed E-state index contributed by atoms with van der Waals surface area (Å²) in [5.74, 6) is -0.248. The van der Waals surface area contributed by atoms with E-state index in [-0.39, 0.29) is 11.9 Å². The summed E-state index contributed by atoms with van der Waals surface area (Å²) in [5.41, 5.74) is 5.07. The Labute approximate surface area is 54.2 Å². The molecule has 50 valence electrons. The Morgan fingerprint density at radius 2 is 2.44 bits per heavy atom. The third kappa shape index (κ3) is 1.09. The summed E-state index contributed by atoms with van der Waals surface area (Å²) in [6.07, 6.45) is 1.91. The Morgan fingerprint density at radius 1 is 1.78 bits per heavy atom. The molecule has 1 rings (SSSR count). The molecular formula is C6H11N2O+. The van der Waals surface area contributed by atoms with Gasteiger partial charge in [-0.1, -0.05) is 0 Å². The molecule has 9 heavy (non-hydrogen) atoms. The lowest BCUT2D eigenvalue weighted by Crippen LogP contribution is -2.33. The van der Waals surface area contributed by atoms with Gasteiger partial charge < -0.3 is 5.73 Å². The third-order valence-electron chi connectivity index (χ3n) is 1.69. The number of carbonyl (C=O) groups excluding carboxylic acids is 1. The van der Waals surface area contributed by atoms with Crippen LogP contribution in [0.25, 0.3) is 0 Å². The quantitative estimate of drug-likeness (QED) is 0.467. The van der Waals surface area contributed by atoms with E-state index in [1.165, 1.54) is 0 Å². The number of hydrogen-bond donors (Lipinski definition) is 1. The lowest BCUT2D eigenvalue weighted by atomic mass is 10.2. The third-order valence-corrected chi connectivity index (χ3v) is 1.69. The predicted octanol–water partition coefficient (Wildman–Crippen LogP) is -0.653. The highest BCUT2D eigenvalue weighted by molar-refractivity contribution is 5.78. The van der Waals surface area contributed by atoms with E-state index in [9.17, 15) is 4.79 Å². The SMILES string of the molecule is C=[N+]1CCCC1C(N)=O. The minimum Gasteiger partial charge on any atom is -0.364 e. The van der Waals surface area contributed by atoms with Gasteiger partial charge in [0.1, 0.15) is 13.3 Å². The normalized spacial score (nSPS) is 26.7. The van der Waals surface area contributed by atoms with Gasteiger partial charge in [0.15, 0.2) is 0 Å². The fourth-order valence-corrected chi connectivity index (χ4v) is 1.15. The second-order valence-corrected chi connectivity index (χ2v) is 2.37. The zero-order valence-electron chi connectivity index (χ0n) is 5.34. The monoisotopic (exact) mass is 127 g/mol. The summed E-state index contributed by atoms with van der Waals surface area (Å²) in [6.45, 7) is 4.57. The van der Waals surface area contributed by atoms with E-state index in [2.05, 4.69) is 6.72 Å². The second kappa shape index (κ2) is 2.17. The highest BCUT2D eigenvalue weighted by atomic mass is 16.1. The molecule has 0 bridgehead atoms. The smallest absolute Gasteiger partial charge is 0.286 e. The molecule has 0 aliphatic carbocycles. The van der Waals surface area contributed by atoms with Crippen LogP contribution in [0.5, 0.6) is 0 Å². The number of hydrogen-bond acceptors (Lipinski definition) is 1. The van der Waals surface area contributed by atoms with Crippen LogP contribution >= 0.6 is 0 Å².